The van der Waals surface area contributed by atoms with E-state index in [1.165, 1.54) is 93.5 Å². The van der Waals surface area contributed by atoms with Crippen LogP contribution in [0.4, 0.5) is 0 Å². The minimum Gasteiger partial charge on any atom is -0.303 e. The first-order chi connectivity index (χ1) is 21.8. The Labute approximate surface area is 298 Å². The smallest absolute Gasteiger partial charge is 0.239 e. The van der Waals surface area contributed by atoms with E-state index in [0.29, 0.717) is 6.71 Å². The maximum atomic E-state index is 4.33. The van der Waals surface area contributed by atoms with Crippen LogP contribution in [0.25, 0.3) is 5.69 Å². The molecule has 0 N–H and O–H groups in total. The molecule has 4 aromatic rings. The second-order valence-electron chi connectivity index (χ2n) is 14.7. The molecule has 6 heteroatoms. The van der Waals surface area contributed by atoms with Gasteiger partial charge < -0.3 is 4.57 Å². The average molecular weight is 722 g/mol. The summed E-state index contributed by atoms with van der Waals surface area (Å²) in [6.07, 6.45) is 18.7. The number of nitrogens with zero attached hydrogens (tertiary/aromatic N) is 2. The molecule has 0 aliphatic heterocycles. The van der Waals surface area contributed by atoms with Crippen molar-refractivity contribution in [1.82, 2.24) is 9.55 Å². The Kier molecular flexibility index (Phi) is 15.6. The number of hydrogen-bond donors (Lipinski definition) is 0. The van der Waals surface area contributed by atoms with Crippen molar-refractivity contribution >= 4 is 54.9 Å². The van der Waals surface area contributed by atoms with E-state index in [0.717, 1.165) is 12.7 Å². The molecule has 0 saturated heterocycles. The highest BCUT2D eigenvalue weighted by Crippen LogP contribution is 2.27. The number of thiophene rings is 2. The van der Waals surface area contributed by atoms with Crippen molar-refractivity contribution < 1.29 is 0 Å². The van der Waals surface area contributed by atoms with Crippen molar-refractivity contribution in [2.75, 3.05) is 0 Å². The number of aryl methyl sites for hydroxylation is 2. The summed E-state index contributed by atoms with van der Waals surface area (Å²) in [5.74, 6) is 0. The molecule has 0 bridgehead atoms. The van der Waals surface area contributed by atoms with Gasteiger partial charge in [0.1, 0.15) is 0 Å². The van der Waals surface area contributed by atoms with E-state index in [2.05, 4.69) is 141 Å². The maximum absolute atomic E-state index is 4.33. The van der Waals surface area contributed by atoms with E-state index in [4.69, 9.17) is 0 Å². The number of rotatable bonds is 14. The van der Waals surface area contributed by atoms with E-state index >= 15 is 0 Å². The van der Waals surface area contributed by atoms with Crippen LogP contribution in [0.2, 0.25) is 6.32 Å². The van der Waals surface area contributed by atoms with Crippen molar-refractivity contribution in [3.8, 4) is 5.69 Å². The number of aromatic nitrogens is 2. The molecular formula is C40H58BBrN2S2. The van der Waals surface area contributed by atoms with Gasteiger partial charge in [0, 0.05) is 17.6 Å². The van der Waals surface area contributed by atoms with Crippen molar-refractivity contribution in [1.29, 1.82) is 0 Å². The highest BCUT2D eigenvalue weighted by molar-refractivity contribution is 9.11. The minimum absolute atomic E-state index is 0.215. The lowest BCUT2D eigenvalue weighted by molar-refractivity contribution is 0.593. The fourth-order valence-corrected chi connectivity index (χ4v) is 8.18. The first-order valence-corrected chi connectivity index (χ1v) is 20.0. The lowest BCUT2D eigenvalue weighted by Gasteiger charge is -2.17. The lowest BCUT2D eigenvalue weighted by Crippen LogP contribution is -2.38. The third-order valence-corrected chi connectivity index (χ3v) is 11.0. The van der Waals surface area contributed by atoms with Crippen LogP contribution in [0.1, 0.15) is 130 Å². The van der Waals surface area contributed by atoms with Crippen LogP contribution < -0.4 is 9.55 Å². The first-order valence-electron chi connectivity index (χ1n) is 17.4. The van der Waals surface area contributed by atoms with Crippen LogP contribution in [0, 0.1) is 0 Å². The largest absolute Gasteiger partial charge is 0.303 e. The molecule has 4 rings (SSSR count). The van der Waals surface area contributed by atoms with Gasteiger partial charge in [-0.3, -0.25) is 0 Å². The van der Waals surface area contributed by atoms with Crippen molar-refractivity contribution in [3.63, 3.8) is 0 Å². The predicted molar refractivity (Wildman–Crippen MR) is 213 cm³/mol. The molecule has 2 nitrogen and oxygen atoms in total. The van der Waals surface area contributed by atoms with Crippen LogP contribution in [0.5, 0.6) is 0 Å². The summed E-state index contributed by atoms with van der Waals surface area (Å²) in [6.45, 7) is 20.8. The number of allylic oxidation sites excluding steroid dienone is 2. The van der Waals surface area contributed by atoms with Gasteiger partial charge in [0.05, 0.1) is 6.33 Å². The average Bonchev–Trinajstić information content (AvgIpc) is 3.78. The third kappa shape index (κ3) is 12.3. The Balaban J connectivity index is 0.000000251. The second-order valence-corrected chi connectivity index (χ2v) is 17.9. The summed E-state index contributed by atoms with van der Waals surface area (Å²) >= 11 is 7.41. The number of hydrogen-bond acceptors (Lipinski definition) is 3. The van der Waals surface area contributed by atoms with Crippen molar-refractivity contribution in [2.45, 2.75) is 137 Å². The van der Waals surface area contributed by atoms with E-state index in [-0.39, 0.29) is 10.8 Å². The van der Waals surface area contributed by atoms with E-state index in [9.17, 15) is 0 Å². The first kappa shape index (κ1) is 38.6. The molecule has 0 spiro atoms. The molecule has 0 atom stereocenters. The quantitative estimate of drug-likeness (QED) is 0.0936. The molecule has 46 heavy (non-hydrogen) atoms. The summed E-state index contributed by atoms with van der Waals surface area (Å²) in [4.78, 5) is 4.33. The third-order valence-electron chi connectivity index (χ3n) is 8.58. The predicted octanol–water partition coefficient (Wildman–Crippen LogP) is 12.0. The number of benzene rings is 1. The van der Waals surface area contributed by atoms with Crippen molar-refractivity contribution in [2.24, 2.45) is 0 Å². The van der Waals surface area contributed by atoms with Gasteiger partial charge in [0.25, 0.3) is 0 Å². The summed E-state index contributed by atoms with van der Waals surface area (Å²) in [5.41, 5.74) is 7.33. The zero-order chi connectivity index (χ0) is 33.7. The van der Waals surface area contributed by atoms with Crippen molar-refractivity contribution in [3.05, 3.63) is 92.6 Å². The molecule has 250 valence electrons. The fraction of sp³-hybridized carbons (Fsp3) is 0.525. The molecule has 0 unspecified atom stereocenters. The Morgan fingerprint density at radius 1 is 0.804 bits per heavy atom. The molecule has 3 heterocycles. The summed E-state index contributed by atoms with van der Waals surface area (Å²) in [7, 11) is 0. The van der Waals surface area contributed by atoms with Gasteiger partial charge in [-0.15, -0.1) is 0 Å². The standard InChI is InChI=1S/C20H28BBrS2.C20H30N2/c1-14(22)8-9-21(17-10-15(12-23-17)19(2,3)4)18-11-16(13-24-18)20(5,6)7;1-3-5-7-9-10-18-12-14-19(15-13-18)22-17-21-16-20(22)11-8-6-4-2/h8,10-13H,9H2,1-7H3;12-17H,3-11H2,1-2H3. The fourth-order valence-electron chi connectivity index (χ4n) is 5.39. The van der Waals surface area contributed by atoms with Gasteiger partial charge in [-0.2, -0.15) is 22.7 Å². The summed E-state index contributed by atoms with van der Waals surface area (Å²) < 4.78 is 6.41. The Hall–Kier alpha value is -1.89. The highest BCUT2D eigenvalue weighted by Gasteiger charge is 2.26. The summed E-state index contributed by atoms with van der Waals surface area (Å²) in [5, 5.41) is 4.68. The number of imidazole rings is 1. The second kappa shape index (κ2) is 18.6. The van der Waals surface area contributed by atoms with Crippen LogP contribution in [-0.2, 0) is 23.7 Å². The summed E-state index contributed by atoms with van der Waals surface area (Å²) in [6, 6.07) is 13.9. The SMILES string of the molecule is CC(Br)=CCB(c1cc(C(C)(C)C)cs1)c1cc(C(C)(C)C)cs1.CCCCCCc1ccc(-n2cncc2CCCCC)cc1. The number of unbranched alkanes of at least 4 members (excludes halogenated alkanes) is 5. The maximum Gasteiger partial charge on any atom is 0.239 e. The van der Waals surface area contributed by atoms with Crippen LogP contribution in [0.15, 0.2) is 70.2 Å². The molecule has 0 amide bonds. The zero-order valence-electron chi connectivity index (χ0n) is 30.1. The van der Waals surface area contributed by atoms with E-state index in [1.54, 1.807) is 0 Å². The Morgan fingerprint density at radius 2 is 1.35 bits per heavy atom. The van der Waals surface area contributed by atoms with Crippen LogP contribution in [-0.4, -0.2) is 16.3 Å². The molecule has 3 aromatic heterocycles. The van der Waals surface area contributed by atoms with Gasteiger partial charge in [-0.1, -0.05) is 134 Å². The molecule has 0 fully saturated rings. The molecule has 0 aliphatic rings. The molecule has 0 saturated carbocycles. The van der Waals surface area contributed by atoms with Gasteiger partial charge in [-0.25, -0.2) is 4.98 Å². The molecule has 1 aromatic carbocycles. The zero-order valence-corrected chi connectivity index (χ0v) is 33.3. The van der Waals surface area contributed by atoms with Crippen LogP contribution >= 0.6 is 38.6 Å². The number of halogens is 1. The van der Waals surface area contributed by atoms with Gasteiger partial charge in [0.2, 0.25) is 6.71 Å². The van der Waals surface area contributed by atoms with Gasteiger partial charge in [0.15, 0.2) is 0 Å². The molecular weight excluding hydrogens is 663 g/mol. The van der Waals surface area contributed by atoms with E-state index in [1.807, 2.05) is 35.2 Å². The monoisotopic (exact) mass is 720 g/mol. The highest BCUT2D eigenvalue weighted by atomic mass is 79.9. The van der Waals surface area contributed by atoms with Gasteiger partial charge in [-0.05, 0) is 103 Å². The van der Waals surface area contributed by atoms with Crippen LogP contribution in [0.3, 0.4) is 0 Å². The lowest BCUT2D eigenvalue weighted by atomic mass is 9.45. The molecule has 0 aliphatic carbocycles. The topological polar surface area (TPSA) is 17.8 Å². The Morgan fingerprint density at radius 3 is 1.85 bits per heavy atom. The van der Waals surface area contributed by atoms with Gasteiger partial charge >= 0.3 is 0 Å². The molecule has 0 radical (unpaired) electrons. The Bertz CT molecular complexity index is 1410. The minimum atomic E-state index is 0.215. The van der Waals surface area contributed by atoms with E-state index < -0.39 is 0 Å². The normalized spacial score (nSPS) is 12.3.